The molecule has 0 bridgehead atoms. The highest BCUT2D eigenvalue weighted by Gasteiger charge is 2.24. The van der Waals surface area contributed by atoms with Gasteiger partial charge < -0.3 is 14.2 Å². The second-order valence-corrected chi connectivity index (χ2v) is 12.5. The van der Waals surface area contributed by atoms with Gasteiger partial charge in [-0.15, -0.1) is 0 Å². The first-order valence-electron chi connectivity index (χ1n) is 11.2. The van der Waals surface area contributed by atoms with Crippen LogP contribution in [0.1, 0.15) is 26.3 Å². The summed E-state index contributed by atoms with van der Waals surface area (Å²) in [6, 6.07) is 13.3. The average Bonchev–Trinajstić information content (AvgIpc) is 2.82. The van der Waals surface area contributed by atoms with E-state index in [9.17, 15) is 16.8 Å². The van der Waals surface area contributed by atoms with E-state index in [2.05, 4.69) is 19.4 Å². The Labute approximate surface area is 217 Å². The van der Waals surface area contributed by atoms with Crippen LogP contribution in [0.5, 0.6) is 23.1 Å². The molecule has 2 N–H and O–H groups in total. The van der Waals surface area contributed by atoms with Crippen molar-refractivity contribution < 1.29 is 31.0 Å². The number of hydrogen-bond donors (Lipinski definition) is 2. The summed E-state index contributed by atoms with van der Waals surface area (Å²) in [6.07, 6.45) is 2.13. The van der Waals surface area contributed by atoms with Gasteiger partial charge in [0.05, 0.1) is 18.3 Å². The molecule has 1 heterocycles. The van der Waals surface area contributed by atoms with Crippen LogP contribution in [0.15, 0.2) is 59.8 Å². The summed E-state index contributed by atoms with van der Waals surface area (Å²) in [5.74, 6) is 0.238. The second-order valence-electron chi connectivity index (χ2n) is 9.00. The third-order valence-electron chi connectivity index (χ3n) is 5.02. The van der Waals surface area contributed by atoms with E-state index >= 15 is 0 Å². The van der Waals surface area contributed by atoms with Crippen LogP contribution in [0.3, 0.4) is 0 Å². The lowest BCUT2D eigenvalue weighted by Crippen LogP contribution is -2.27. The summed E-state index contributed by atoms with van der Waals surface area (Å²) in [5, 5.41) is 0. The third-order valence-corrected chi connectivity index (χ3v) is 7.10. The second kappa shape index (κ2) is 11.3. The van der Waals surface area contributed by atoms with E-state index in [4.69, 9.17) is 14.2 Å². The number of hydrogen-bond acceptors (Lipinski definition) is 9. The minimum Gasteiger partial charge on any atom is -0.493 e. The molecule has 0 aliphatic rings. The van der Waals surface area contributed by atoms with Gasteiger partial charge in [-0.3, -0.25) is 4.72 Å². The molecule has 0 unspecified atom stereocenters. The summed E-state index contributed by atoms with van der Waals surface area (Å²) in [6.45, 7) is 5.95. The quantitative estimate of drug-likeness (QED) is 0.343. The van der Waals surface area contributed by atoms with Crippen LogP contribution in [-0.4, -0.2) is 53.3 Å². The molecule has 0 aliphatic carbocycles. The van der Waals surface area contributed by atoms with Gasteiger partial charge >= 0.3 is 0 Å². The summed E-state index contributed by atoms with van der Waals surface area (Å²) in [7, 11) is -6.03. The van der Waals surface area contributed by atoms with Crippen LogP contribution in [0.2, 0.25) is 0 Å². The van der Waals surface area contributed by atoms with Crippen molar-refractivity contribution in [3.05, 3.63) is 60.4 Å². The van der Waals surface area contributed by atoms with Crippen molar-refractivity contribution in [3.63, 3.8) is 0 Å². The molecule has 0 fully saturated rings. The maximum Gasteiger partial charge on any atom is 0.263 e. The number of para-hydroxylation sites is 2. The number of nitrogens with one attached hydrogen (secondary N) is 2. The Morgan fingerprint density at radius 1 is 0.919 bits per heavy atom. The fraction of sp³-hybridized carbons (Fsp3) is 0.333. The van der Waals surface area contributed by atoms with Gasteiger partial charge in [-0.2, -0.15) is 4.98 Å². The van der Waals surface area contributed by atoms with E-state index in [0.717, 1.165) is 18.1 Å². The molecule has 13 heteroatoms. The Morgan fingerprint density at radius 3 is 2.16 bits per heavy atom. The highest BCUT2D eigenvalue weighted by Crippen LogP contribution is 2.39. The van der Waals surface area contributed by atoms with E-state index < -0.39 is 20.0 Å². The molecule has 0 saturated heterocycles. The van der Waals surface area contributed by atoms with E-state index in [0.29, 0.717) is 5.75 Å². The molecule has 0 aliphatic heterocycles. The number of methoxy groups -OCH3 is 1. The first-order chi connectivity index (χ1) is 17.3. The number of anilines is 1. The summed E-state index contributed by atoms with van der Waals surface area (Å²) >= 11 is 0. The van der Waals surface area contributed by atoms with Crippen molar-refractivity contribution in [1.82, 2.24) is 14.7 Å². The van der Waals surface area contributed by atoms with Gasteiger partial charge in [-0.1, -0.05) is 45.0 Å². The van der Waals surface area contributed by atoms with Crippen LogP contribution < -0.4 is 23.7 Å². The molecule has 37 heavy (non-hydrogen) atoms. The number of nitrogens with zero attached hydrogens (tertiary/aromatic N) is 2. The summed E-state index contributed by atoms with van der Waals surface area (Å²) in [5.41, 5.74) is 0.836. The lowest BCUT2D eigenvalue weighted by molar-refractivity contribution is 0.291. The number of rotatable bonds is 11. The molecule has 3 aromatic rings. The van der Waals surface area contributed by atoms with Crippen molar-refractivity contribution >= 4 is 25.9 Å². The van der Waals surface area contributed by atoms with Crippen molar-refractivity contribution in [1.29, 1.82) is 0 Å². The summed E-state index contributed by atoms with van der Waals surface area (Å²) < 4.78 is 70.7. The SMILES string of the molecule is COc1ccccc1Oc1c(NS(=O)(=O)c2ccc(C(C)(C)C)cc2)ncnc1OCCNS(C)(=O)=O. The number of benzene rings is 2. The first kappa shape index (κ1) is 28.2. The van der Waals surface area contributed by atoms with Gasteiger partial charge in [-0.05, 0) is 35.2 Å². The van der Waals surface area contributed by atoms with Crippen molar-refractivity contribution in [2.45, 2.75) is 31.1 Å². The minimum absolute atomic E-state index is 0.0298. The first-order valence-corrected chi connectivity index (χ1v) is 14.5. The monoisotopic (exact) mass is 550 g/mol. The molecule has 0 atom stereocenters. The van der Waals surface area contributed by atoms with Crippen LogP contribution >= 0.6 is 0 Å². The lowest BCUT2D eigenvalue weighted by atomic mass is 9.87. The average molecular weight is 551 g/mol. The van der Waals surface area contributed by atoms with Gasteiger partial charge in [0.15, 0.2) is 17.3 Å². The number of sulfonamides is 2. The van der Waals surface area contributed by atoms with E-state index in [1.54, 1.807) is 36.4 Å². The minimum atomic E-state index is -4.07. The standard InChI is InChI=1S/C24H30N4O7S2/c1-24(2,3)17-10-12-18(13-11-17)37(31,32)28-22-21(35-20-9-7-6-8-19(20)33-4)23(26-16-25-22)34-15-14-27-36(5,29)30/h6-13,16,27H,14-15H2,1-5H3,(H,25,26,28). The molecular formula is C24H30N4O7S2. The van der Waals surface area contributed by atoms with Gasteiger partial charge in [0.25, 0.3) is 15.9 Å². The highest BCUT2D eigenvalue weighted by atomic mass is 32.2. The fourth-order valence-corrected chi connectivity index (χ4v) is 4.60. The topological polar surface area (TPSA) is 146 Å². The predicted octanol–water partition coefficient (Wildman–Crippen LogP) is 3.30. The van der Waals surface area contributed by atoms with Gasteiger partial charge in [0.1, 0.15) is 12.9 Å². The molecule has 200 valence electrons. The zero-order valence-electron chi connectivity index (χ0n) is 21.2. The molecular weight excluding hydrogens is 520 g/mol. The van der Waals surface area contributed by atoms with Crippen LogP contribution in [0, 0.1) is 0 Å². The van der Waals surface area contributed by atoms with E-state index in [-0.39, 0.29) is 46.7 Å². The van der Waals surface area contributed by atoms with Crippen molar-refractivity contribution in [3.8, 4) is 23.1 Å². The highest BCUT2D eigenvalue weighted by molar-refractivity contribution is 7.92. The number of ether oxygens (including phenoxy) is 3. The van der Waals surface area contributed by atoms with Crippen LogP contribution in [0.25, 0.3) is 0 Å². The van der Waals surface area contributed by atoms with Crippen LogP contribution in [-0.2, 0) is 25.5 Å². The fourth-order valence-electron chi connectivity index (χ4n) is 3.13. The van der Waals surface area contributed by atoms with Crippen molar-refractivity contribution in [2.24, 2.45) is 0 Å². The number of aromatic nitrogens is 2. The largest absolute Gasteiger partial charge is 0.493 e. The molecule has 2 aromatic carbocycles. The van der Waals surface area contributed by atoms with Gasteiger partial charge in [0, 0.05) is 6.54 Å². The normalized spacial score (nSPS) is 12.1. The molecule has 3 rings (SSSR count). The zero-order chi connectivity index (χ0) is 27.3. The Morgan fingerprint density at radius 2 is 1.57 bits per heavy atom. The molecule has 0 radical (unpaired) electrons. The molecule has 0 amide bonds. The molecule has 0 saturated carbocycles. The Hall–Kier alpha value is -3.42. The smallest absolute Gasteiger partial charge is 0.263 e. The third kappa shape index (κ3) is 7.78. The molecule has 1 aromatic heterocycles. The van der Waals surface area contributed by atoms with Gasteiger partial charge in [0.2, 0.25) is 15.8 Å². The molecule has 11 nitrogen and oxygen atoms in total. The zero-order valence-corrected chi connectivity index (χ0v) is 22.8. The Balaban J connectivity index is 1.96. The van der Waals surface area contributed by atoms with Crippen molar-refractivity contribution in [2.75, 3.05) is 31.2 Å². The maximum absolute atomic E-state index is 13.2. The Bertz CT molecular complexity index is 1440. The Kier molecular flexibility index (Phi) is 8.61. The van der Waals surface area contributed by atoms with E-state index in [1.165, 1.54) is 19.2 Å². The maximum atomic E-state index is 13.2. The summed E-state index contributed by atoms with van der Waals surface area (Å²) in [4.78, 5) is 8.15. The molecule has 0 spiro atoms. The van der Waals surface area contributed by atoms with Crippen LogP contribution in [0.4, 0.5) is 5.82 Å². The predicted molar refractivity (Wildman–Crippen MR) is 139 cm³/mol. The lowest BCUT2D eigenvalue weighted by Gasteiger charge is -2.19. The van der Waals surface area contributed by atoms with E-state index in [1.807, 2.05) is 20.8 Å². The van der Waals surface area contributed by atoms with Gasteiger partial charge in [-0.25, -0.2) is 26.5 Å².